The Hall–Kier alpha value is -1.99. The van der Waals surface area contributed by atoms with E-state index >= 15 is 0 Å². The summed E-state index contributed by atoms with van der Waals surface area (Å²) in [6.45, 7) is 1.35. The van der Waals surface area contributed by atoms with Gasteiger partial charge in [-0.15, -0.1) is 0 Å². The Morgan fingerprint density at radius 2 is 1.95 bits per heavy atom. The summed E-state index contributed by atoms with van der Waals surface area (Å²) >= 11 is 3.38. The van der Waals surface area contributed by atoms with Gasteiger partial charge in [0.05, 0.1) is 0 Å². The first-order chi connectivity index (χ1) is 10.5. The van der Waals surface area contributed by atoms with Gasteiger partial charge in [-0.1, -0.05) is 15.9 Å². The van der Waals surface area contributed by atoms with Crippen LogP contribution in [0.2, 0.25) is 0 Å². The normalized spacial score (nSPS) is 10.5. The molecule has 7 heteroatoms. The lowest BCUT2D eigenvalue weighted by molar-refractivity contribution is 0.0946. The number of nitrogens with zero attached hydrogens (tertiary/aromatic N) is 3. The van der Waals surface area contributed by atoms with Gasteiger partial charge in [-0.2, -0.15) is 0 Å². The molecule has 0 radical (unpaired) electrons. The number of anilines is 2. The first kappa shape index (κ1) is 16.4. The van der Waals surface area contributed by atoms with Crippen molar-refractivity contribution in [2.75, 3.05) is 32.5 Å². The number of hydrogen-bond donors (Lipinski definition) is 2. The number of aromatic nitrogens is 2. The standard InChI is InChI=1S/C15H18BrN5O/c1-21(2)10-9-17-14(22)13-7-8-18-15(20-13)19-12-5-3-11(16)4-6-12/h3-8H,9-10H2,1-2H3,(H,17,22)(H,18,19,20). The highest BCUT2D eigenvalue weighted by atomic mass is 79.9. The molecule has 116 valence electrons. The van der Waals surface area contributed by atoms with E-state index < -0.39 is 0 Å². The number of nitrogens with one attached hydrogen (secondary N) is 2. The van der Waals surface area contributed by atoms with E-state index in [2.05, 4.69) is 36.5 Å². The van der Waals surface area contributed by atoms with Gasteiger partial charge in [-0.3, -0.25) is 4.79 Å². The summed E-state index contributed by atoms with van der Waals surface area (Å²) in [5, 5.41) is 5.89. The van der Waals surface area contributed by atoms with E-state index in [0.29, 0.717) is 18.2 Å². The molecule has 2 N–H and O–H groups in total. The van der Waals surface area contributed by atoms with Gasteiger partial charge in [0.2, 0.25) is 5.95 Å². The van der Waals surface area contributed by atoms with E-state index in [4.69, 9.17) is 0 Å². The SMILES string of the molecule is CN(C)CCNC(=O)c1ccnc(Nc2ccc(Br)cc2)n1. The van der Waals surface area contributed by atoms with Crippen LogP contribution in [0.5, 0.6) is 0 Å². The third-order valence-electron chi connectivity index (χ3n) is 2.83. The summed E-state index contributed by atoms with van der Waals surface area (Å²) in [6.07, 6.45) is 1.56. The average molecular weight is 364 g/mol. The molecule has 0 aliphatic carbocycles. The Morgan fingerprint density at radius 3 is 2.64 bits per heavy atom. The average Bonchev–Trinajstić information content (AvgIpc) is 2.49. The van der Waals surface area contributed by atoms with Crippen LogP contribution in [-0.4, -0.2) is 48.0 Å². The molecule has 2 aromatic rings. The van der Waals surface area contributed by atoms with Crippen LogP contribution in [0, 0.1) is 0 Å². The third-order valence-corrected chi connectivity index (χ3v) is 3.36. The van der Waals surface area contributed by atoms with Crippen LogP contribution < -0.4 is 10.6 Å². The number of carbonyl (C=O) groups is 1. The van der Waals surface area contributed by atoms with Gasteiger partial charge in [0.25, 0.3) is 5.91 Å². The van der Waals surface area contributed by atoms with Gasteiger partial charge >= 0.3 is 0 Å². The maximum absolute atomic E-state index is 12.0. The quantitative estimate of drug-likeness (QED) is 0.823. The zero-order valence-electron chi connectivity index (χ0n) is 12.5. The topological polar surface area (TPSA) is 70.2 Å². The van der Waals surface area contributed by atoms with Crippen molar-refractivity contribution in [2.24, 2.45) is 0 Å². The highest BCUT2D eigenvalue weighted by Gasteiger charge is 2.08. The van der Waals surface area contributed by atoms with Crippen molar-refractivity contribution in [3.63, 3.8) is 0 Å². The molecule has 0 unspecified atom stereocenters. The van der Waals surface area contributed by atoms with Gasteiger partial charge in [-0.05, 0) is 44.4 Å². The molecule has 1 heterocycles. The van der Waals surface area contributed by atoms with Crippen molar-refractivity contribution >= 4 is 33.5 Å². The van der Waals surface area contributed by atoms with Crippen LogP contribution in [0.1, 0.15) is 10.5 Å². The van der Waals surface area contributed by atoms with Crippen molar-refractivity contribution in [1.29, 1.82) is 0 Å². The molecule has 1 amide bonds. The predicted molar refractivity (Wildman–Crippen MR) is 90.3 cm³/mol. The highest BCUT2D eigenvalue weighted by molar-refractivity contribution is 9.10. The molecule has 0 fully saturated rings. The van der Waals surface area contributed by atoms with Crippen molar-refractivity contribution in [1.82, 2.24) is 20.2 Å². The molecular formula is C15H18BrN5O. The molecule has 22 heavy (non-hydrogen) atoms. The van der Waals surface area contributed by atoms with E-state index in [0.717, 1.165) is 16.7 Å². The molecule has 0 atom stereocenters. The molecule has 2 rings (SSSR count). The summed E-state index contributed by atoms with van der Waals surface area (Å²) in [6, 6.07) is 9.23. The number of benzene rings is 1. The Bertz CT molecular complexity index is 630. The molecule has 0 aliphatic rings. The molecule has 0 aliphatic heterocycles. The fourth-order valence-electron chi connectivity index (χ4n) is 1.69. The second kappa shape index (κ2) is 7.86. The lowest BCUT2D eigenvalue weighted by Crippen LogP contribution is -2.31. The summed E-state index contributed by atoms with van der Waals surface area (Å²) in [4.78, 5) is 22.4. The van der Waals surface area contributed by atoms with Gasteiger partial charge in [0.15, 0.2) is 0 Å². The third kappa shape index (κ3) is 5.09. The minimum absolute atomic E-state index is 0.205. The molecule has 0 saturated carbocycles. The molecule has 0 saturated heterocycles. The van der Waals surface area contributed by atoms with Crippen molar-refractivity contribution in [2.45, 2.75) is 0 Å². The van der Waals surface area contributed by atoms with Crippen molar-refractivity contribution in [3.05, 3.63) is 46.7 Å². The van der Waals surface area contributed by atoms with E-state index in [1.807, 2.05) is 43.3 Å². The Labute approximate surface area is 138 Å². The van der Waals surface area contributed by atoms with Gasteiger partial charge in [-0.25, -0.2) is 9.97 Å². The molecular weight excluding hydrogens is 346 g/mol. The minimum Gasteiger partial charge on any atom is -0.349 e. The van der Waals surface area contributed by atoms with Crippen LogP contribution in [-0.2, 0) is 0 Å². The zero-order chi connectivity index (χ0) is 15.9. The first-order valence-electron chi connectivity index (χ1n) is 6.83. The van der Waals surface area contributed by atoms with Crippen molar-refractivity contribution < 1.29 is 4.79 Å². The maximum atomic E-state index is 12.0. The van der Waals surface area contributed by atoms with Crippen LogP contribution in [0.15, 0.2) is 41.0 Å². The van der Waals surface area contributed by atoms with E-state index in [-0.39, 0.29) is 5.91 Å². The van der Waals surface area contributed by atoms with Crippen molar-refractivity contribution in [3.8, 4) is 0 Å². The fraction of sp³-hybridized carbons (Fsp3) is 0.267. The molecule has 0 spiro atoms. The van der Waals surface area contributed by atoms with E-state index in [1.54, 1.807) is 12.3 Å². The Kier molecular flexibility index (Phi) is 5.85. The highest BCUT2D eigenvalue weighted by Crippen LogP contribution is 2.16. The van der Waals surface area contributed by atoms with E-state index in [9.17, 15) is 4.79 Å². The van der Waals surface area contributed by atoms with Gasteiger partial charge < -0.3 is 15.5 Å². The summed E-state index contributed by atoms with van der Waals surface area (Å²) in [5.41, 5.74) is 1.20. The fourth-order valence-corrected chi connectivity index (χ4v) is 1.96. The number of carbonyl (C=O) groups excluding carboxylic acids is 1. The number of likely N-dealkylation sites (N-methyl/N-ethyl adjacent to an activating group) is 1. The molecule has 0 bridgehead atoms. The smallest absolute Gasteiger partial charge is 0.270 e. The predicted octanol–water partition coefficient (Wildman–Crippen LogP) is 2.27. The lowest BCUT2D eigenvalue weighted by Gasteiger charge is -2.10. The van der Waals surface area contributed by atoms with E-state index in [1.165, 1.54) is 0 Å². The number of rotatable bonds is 6. The lowest BCUT2D eigenvalue weighted by atomic mass is 10.3. The first-order valence-corrected chi connectivity index (χ1v) is 7.62. The molecule has 6 nitrogen and oxygen atoms in total. The largest absolute Gasteiger partial charge is 0.349 e. The second-order valence-corrected chi connectivity index (χ2v) is 5.87. The minimum atomic E-state index is -0.205. The van der Waals surface area contributed by atoms with Crippen LogP contribution in [0.25, 0.3) is 0 Å². The maximum Gasteiger partial charge on any atom is 0.270 e. The van der Waals surface area contributed by atoms with Gasteiger partial charge in [0.1, 0.15) is 5.69 Å². The summed E-state index contributed by atoms with van der Waals surface area (Å²) in [5.74, 6) is 0.186. The molecule has 1 aromatic heterocycles. The Morgan fingerprint density at radius 1 is 1.23 bits per heavy atom. The van der Waals surface area contributed by atoms with Crippen LogP contribution in [0.3, 0.4) is 0 Å². The number of halogens is 1. The second-order valence-electron chi connectivity index (χ2n) is 4.96. The number of hydrogen-bond acceptors (Lipinski definition) is 5. The van der Waals surface area contributed by atoms with Gasteiger partial charge in [0, 0.05) is 29.4 Å². The summed E-state index contributed by atoms with van der Waals surface area (Å²) < 4.78 is 0.994. The number of amides is 1. The van der Waals surface area contributed by atoms with Crippen LogP contribution in [0.4, 0.5) is 11.6 Å². The Balaban J connectivity index is 2.00. The zero-order valence-corrected chi connectivity index (χ0v) is 14.1. The monoisotopic (exact) mass is 363 g/mol. The van der Waals surface area contributed by atoms with Crippen LogP contribution >= 0.6 is 15.9 Å². The molecule has 1 aromatic carbocycles. The summed E-state index contributed by atoms with van der Waals surface area (Å²) in [7, 11) is 3.91.